The smallest absolute Gasteiger partial charge is 0.152 e. The van der Waals surface area contributed by atoms with Crippen LogP contribution in [-0.2, 0) is 6.54 Å². The van der Waals surface area contributed by atoms with Crippen molar-refractivity contribution in [1.29, 1.82) is 5.26 Å². The van der Waals surface area contributed by atoms with Crippen molar-refractivity contribution >= 4 is 28.9 Å². The third kappa shape index (κ3) is 3.35. The van der Waals surface area contributed by atoms with Gasteiger partial charge in [-0.05, 0) is 24.3 Å². The Balaban J connectivity index is 2.23. The Labute approximate surface area is 129 Å². The molecule has 2 N–H and O–H groups in total. The third-order valence-corrected chi connectivity index (χ3v) is 3.33. The monoisotopic (exact) mass is 328 g/mol. The molecule has 108 valence electrons. The summed E-state index contributed by atoms with van der Waals surface area (Å²) < 4.78 is 27.4. The van der Waals surface area contributed by atoms with Crippen LogP contribution in [0.3, 0.4) is 0 Å². The first-order valence-corrected chi connectivity index (χ1v) is 6.48. The Bertz CT molecular complexity index is 698. The van der Waals surface area contributed by atoms with E-state index in [4.69, 9.17) is 28.5 Å². The SMILES string of the molecule is N#Cc1cc(F)c(CNc2cc(Cl)c(O)c(Cl)c2)c(F)c1. The zero-order chi connectivity index (χ0) is 15.6. The maximum Gasteiger partial charge on any atom is 0.152 e. The molecule has 0 spiro atoms. The van der Waals surface area contributed by atoms with Crippen LogP contribution in [0.1, 0.15) is 11.1 Å². The van der Waals surface area contributed by atoms with E-state index in [1.165, 1.54) is 12.1 Å². The van der Waals surface area contributed by atoms with Crippen molar-refractivity contribution in [3.63, 3.8) is 0 Å². The predicted molar refractivity (Wildman–Crippen MR) is 76.5 cm³/mol. The summed E-state index contributed by atoms with van der Waals surface area (Å²) in [5, 5.41) is 20.8. The van der Waals surface area contributed by atoms with Gasteiger partial charge in [0, 0.05) is 17.8 Å². The first-order valence-electron chi connectivity index (χ1n) is 5.72. The number of phenolic OH excluding ortho intramolecular Hbond substituents is 1. The van der Waals surface area contributed by atoms with Gasteiger partial charge in [0.15, 0.2) is 5.75 Å². The van der Waals surface area contributed by atoms with Crippen molar-refractivity contribution in [1.82, 2.24) is 0 Å². The van der Waals surface area contributed by atoms with Gasteiger partial charge < -0.3 is 10.4 Å². The summed E-state index contributed by atoms with van der Waals surface area (Å²) in [6, 6.07) is 6.33. The maximum absolute atomic E-state index is 13.7. The van der Waals surface area contributed by atoms with Gasteiger partial charge in [0.25, 0.3) is 0 Å². The average Bonchev–Trinajstić information content (AvgIpc) is 2.43. The number of nitrogens with one attached hydrogen (secondary N) is 1. The molecule has 0 amide bonds. The summed E-state index contributed by atoms with van der Waals surface area (Å²) in [4.78, 5) is 0. The normalized spacial score (nSPS) is 10.2. The lowest BCUT2D eigenvalue weighted by Gasteiger charge is -2.10. The maximum atomic E-state index is 13.7. The molecule has 0 bridgehead atoms. The van der Waals surface area contributed by atoms with Gasteiger partial charge in [-0.15, -0.1) is 0 Å². The molecule has 0 saturated carbocycles. The van der Waals surface area contributed by atoms with Crippen LogP contribution < -0.4 is 5.32 Å². The molecular formula is C14H8Cl2F2N2O. The molecule has 2 aromatic rings. The Kier molecular flexibility index (Phi) is 4.51. The van der Waals surface area contributed by atoms with Crippen molar-refractivity contribution in [2.45, 2.75) is 6.54 Å². The van der Waals surface area contributed by atoms with E-state index < -0.39 is 11.6 Å². The summed E-state index contributed by atoms with van der Waals surface area (Å²) >= 11 is 11.5. The molecule has 21 heavy (non-hydrogen) atoms. The second-order valence-corrected chi connectivity index (χ2v) is 4.99. The highest BCUT2D eigenvalue weighted by Crippen LogP contribution is 2.34. The molecule has 3 nitrogen and oxygen atoms in total. The van der Waals surface area contributed by atoms with Gasteiger partial charge >= 0.3 is 0 Å². The van der Waals surface area contributed by atoms with Crippen molar-refractivity contribution in [2.24, 2.45) is 0 Å². The lowest BCUT2D eigenvalue weighted by atomic mass is 10.1. The topological polar surface area (TPSA) is 56.0 Å². The Hall–Kier alpha value is -2.03. The standard InChI is InChI=1S/C14H8Cl2F2N2O/c15-10-3-8(4-11(16)14(10)21)20-6-9-12(17)1-7(5-19)2-13(9)18/h1-4,20-21H,6H2. The summed E-state index contributed by atoms with van der Waals surface area (Å²) in [5.74, 6) is -1.91. The molecule has 0 aliphatic rings. The van der Waals surface area contributed by atoms with E-state index in [1.807, 2.05) is 0 Å². The average molecular weight is 329 g/mol. The lowest BCUT2D eigenvalue weighted by molar-refractivity contribution is 0.476. The van der Waals surface area contributed by atoms with Crippen molar-refractivity contribution in [3.05, 3.63) is 57.1 Å². The number of anilines is 1. The molecule has 0 fully saturated rings. The van der Waals surface area contributed by atoms with E-state index in [0.29, 0.717) is 5.69 Å². The molecule has 0 aromatic heterocycles. The number of hydrogen-bond donors (Lipinski definition) is 2. The number of benzene rings is 2. The van der Waals surface area contributed by atoms with Crippen LogP contribution in [0.5, 0.6) is 5.75 Å². The molecule has 2 rings (SSSR count). The summed E-state index contributed by atoms with van der Waals surface area (Å²) in [7, 11) is 0. The van der Waals surface area contributed by atoms with E-state index >= 15 is 0 Å². The van der Waals surface area contributed by atoms with E-state index in [-0.39, 0.29) is 33.5 Å². The van der Waals surface area contributed by atoms with Gasteiger partial charge in [0.1, 0.15) is 11.6 Å². The van der Waals surface area contributed by atoms with E-state index in [1.54, 1.807) is 6.07 Å². The first kappa shape index (κ1) is 15.4. The second-order valence-electron chi connectivity index (χ2n) is 4.17. The molecular weight excluding hydrogens is 321 g/mol. The fourth-order valence-corrected chi connectivity index (χ4v) is 2.18. The van der Waals surface area contributed by atoms with Crippen LogP contribution in [0, 0.1) is 23.0 Å². The number of aromatic hydroxyl groups is 1. The molecule has 0 aliphatic carbocycles. The lowest BCUT2D eigenvalue weighted by Crippen LogP contribution is -2.05. The Morgan fingerprint density at radius 3 is 2.10 bits per heavy atom. The van der Waals surface area contributed by atoms with Gasteiger partial charge in [-0.3, -0.25) is 0 Å². The molecule has 0 aliphatic heterocycles. The zero-order valence-electron chi connectivity index (χ0n) is 10.4. The number of nitrogens with zero attached hydrogens (tertiary/aromatic N) is 1. The van der Waals surface area contributed by atoms with Crippen LogP contribution in [0.25, 0.3) is 0 Å². The van der Waals surface area contributed by atoms with Crippen molar-refractivity contribution in [2.75, 3.05) is 5.32 Å². The van der Waals surface area contributed by atoms with Crippen molar-refractivity contribution < 1.29 is 13.9 Å². The van der Waals surface area contributed by atoms with Gasteiger partial charge in [-0.2, -0.15) is 5.26 Å². The molecule has 2 aromatic carbocycles. The Morgan fingerprint density at radius 2 is 1.62 bits per heavy atom. The quantitative estimate of drug-likeness (QED) is 0.818. The van der Waals surface area contributed by atoms with Gasteiger partial charge in [-0.25, -0.2) is 8.78 Å². The molecule has 0 unspecified atom stereocenters. The number of hydrogen-bond acceptors (Lipinski definition) is 3. The van der Waals surface area contributed by atoms with Gasteiger partial charge in [0.05, 0.1) is 21.7 Å². The third-order valence-electron chi connectivity index (χ3n) is 2.76. The fraction of sp³-hybridized carbons (Fsp3) is 0.0714. The zero-order valence-corrected chi connectivity index (χ0v) is 11.9. The number of halogens is 4. The van der Waals surface area contributed by atoms with E-state index in [0.717, 1.165) is 12.1 Å². The number of phenols is 1. The molecule has 7 heteroatoms. The minimum atomic E-state index is -0.824. The van der Waals surface area contributed by atoms with Crippen LogP contribution in [0.4, 0.5) is 14.5 Å². The van der Waals surface area contributed by atoms with Crippen LogP contribution >= 0.6 is 23.2 Å². The number of nitriles is 1. The van der Waals surface area contributed by atoms with E-state index in [9.17, 15) is 13.9 Å². The number of rotatable bonds is 3. The Morgan fingerprint density at radius 1 is 1.10 bits per heavy atom. The van der Waals surface area contributed by atoms with E-state index in [2.05, 4.69) is 5.32 Å². The second kappa shape index (κ2) is 6.17. The molecule has 0 atom stereocenters. The highest BCUT2D eigenvalue weighted by molar-refractivity contribution is 6.37. The first-order chi connectivity index (χ1) is 9.92. The predicted octanol–water partition coefficient (Wildman–Crippen LogP) is 4.46. The summed E-state index contributed by atoms with van der Waals surface area (Å²) in [5.41, 5.74) is 0.0877. The minimum absolute atomic E-state index is 0.0192. The highest BCUT2D eigenvalue weighted by Gasteiger charge is 2.12. The van der Waals surface area contributed by atoms with Gasteiger partial charge in [-0.1, -0.05) is 23.2 Å². The highest BCUT2D eigenvalue weighted by atomic mass is 35.5. The van der Waals surface area contributed by atoms with Crippen molar-refractivity contribution in [3.8, 4) is 11.8 Å². The van der Waals surface area contributed by atoms with Gasteiger partial charge in [0.2, 0.25) is 0 Å². The molecule has 0 radical (unpaired) electrons. The summed E-state index contributed by atoms with van der Waals surface area (Å²) in [6.07, 6.45) is 0. The minimum Gasteiger partial charge on any atom is -0.505 e. The fourth-order valence-electron chi connectivity index (χ4n) is 1.69. The summed E-state index contributed by atoms with van der Waals surface area (Å²) in [6.45, 7) is -0.166. The largest absolute Gasteiger partial charge is 0.505 e. The van der Waals surface area contributed by atoms with Crippen LogP contribution in [0.2, 0.25) is 10.0 Å². The molecule has 0 heterocycles. The molecule has 0 saturated heterocycles. The van der Waals surface area contributed by atoms with Crippen LogP contribution in [-0.4, -0.2) is 5.11 Å². The van der Waals surface area contributed by atoms with Crippen LogP contribution in [0.15, 0.2) is 24.3 Å².